The fourth-order valence-electron chi connectivity index (χ4n) is 2.04. The first-order chi connectivity index (χ1) is 8.92. The van der Waals surface area contributed by atoms with E-state index in [9.17, 15) is 4.79 Å². The number of fused-ring (bicyclic) bond motifs is 1. The van der Waals surface area contributed by atoms with Gasteiger partial charge in [-0.2, -0.15) is 0 Å². The largest absolute Gasteiger partial charge is 0.417 e. The zero-order chi connectivity index (χ0) is 14.0. The highest BCUT2D eigenvalue weighted by Gasteiger charge is 2.22. The molecule has 0 saturated heterocycles. The number of aromatic nitrogens is 1. The molecule has 0 fully saturated rings. The van der Waals surface area contributed by atoms with Gasteiger partial charge in [0.15, 0.2) is 5.58 Å². The van der Waals surface area contributed by atoms with Gasteiger partial charge in [-0.1, -0.05) is 6.07 Å². The Morgan fingerprint density at radius 3 is 2.84 bits per heavy atom. The Labute approximate surface area is 111 Å². The van der Waals surface area contributed by atoms with E-state index in [1.165, 1.54) is 0 Å². The number of hydrogen-bond acceptors (Lipinski definition) is 4. The first-order valence-electron chi connectivity index (χ1n) is 6.36. The average Bonchev–Trinajstić information content (AvgIpc) is 2.68. The van der Waals surface area contributed by atoms with E-state index >= 15 is 0 Å². The average molecular weight is 264 g/mol. The number of benzene rings is 1. The second-order valence-corrected chi connectivity index (χ2v) is 5.49. The molecule has 0 aliphatic carbocycles. The maximum atomic E-state index is 11.1. The van der Waals surface area contributed by atoms with Crippen molar-refractivity contribution in [1.29, 1.82) is 0 Å². The summed E-state index contributed by atoms with van der Waals surface area (Å²) in [6.45, 7) is 5.09. The van der Waals surface area contributed by atoms with Gasteiger partial charge in [-0.05, 0) is 45.0 Å². The summed E-state index contributed by atoms with van der Waals surface area (Å²) in [6.07, 6.45) is 0.713. The van der Waals surface area contributed by atoms with E-state index in [1.54, 1.807) is 0 Å². The molecule has 1 heterocycles. The number of oxazole rings is 1. The molecule has 0 radical (unpaired) electrons. The Balaban J connectivity index is 2.18. The van der Waals surface area contributed by atoms with Crippen LogP contribution >= 0.6 is 0 Å². The molecule has 19 heavy (non-hydrogen) atoms. The van der Waals surface area contributed by atoms with Gasteiger partial charge in [-0.25, -0.2) is 4.79 Å². The normalized spacial score (nSPS) is 12.5. The number of rotatable bonds is 5. The summed E-state index contributed by atoms with van der Waals surface area (Å²) in [5, 5.41) is 9.08. The third kappa shape index (κ3) is 3.05. The lowest BCUT2D eigenvalue weighted by atomic mass is 9.98. The second-order valence-electron chi connectivity index (χ2n) is 5.49. The number of nitrogens with zero attached hydrogens (tertiary/aromatic N) is 1. The monoisotopic (exact) mass is 264 g/mol. The van der Waals surface area contributed by atoms with Crippen molar-refractivity contribution in [3.05, 3.63) is 34.3 Å². The Kier molecular flexibility index (Phi) is 3.78. The first kappa shape index (κ1) is 13.8. The molecular weight excluding hydrogens is 244 g/mol. The number of nitrogens with one attached hydrogen (secondary N) is 1. The van der Waals surface area contributed by atoms with E-state index in [0.717, 1.165) is 12.1 Å². The van der Waals surface area contributed by atoms with Crippen LogP contribution < -0.4 is 5.76 Å². The lowest BCUT2D eigenvalue weighted by Gasteiger charge is -2.35. The van der Waals surface area contributed by atoms with Crippen LogP contribution in [0.3, 0.4) is 0 Å². The highest BCUT2D eigenvalue weighted by atomic mass is 16.4. The van der Waals surface area contributed by atoms with Crippen LogP contribution in [0, 0.1) is 0 Å². The smallest absolute Gasteiger partial charge is 0.408 e. The third-order valence-electron chi connectivity index (χ3n) is 3.66. The topological polar surface area (TPSA) is 69.5 Å². The molecule has 0 unspecified atom stereocenters. The zero-order valence-corrected chi connectivity index (χ0v) is 11.6. The van der Waals surface area contributed by atoms with Crippen molar-refractivity contribution in [1.82, 2.24) is 9.88 Å². The van der Waals surface area contributed by atoms with Gasteiger partial charge in [0.25, 0.3) is 0 Å². The van der Waals surface area contributed by atoms with Gasteiger partial charge in [0.2, 0.25) is 0 Å². The Morgan fingerprint density at radius 2 is 2.16 bits per heavy atom. The van der Waals surface area contributed by atoms with Crippen molar-refractivity contribution in [2.24, 2.45) is 0 Å². The molecule has 1 aromatic heterocycles. The maximum absolute atomic E-state index is 11.1. The molecule has 0 spiro atoms. The van der Waals surface area contributed by atoms with Crippen LogP contribution in [0.15, 0.2) is 27.4 Å². The van der Waals surface area contributed by atoms with Crippen LogP contribution in [0.1, 0.15) is 25.8 Å². The number of aromatic amines is 1. The summed E-state index contributed by atoms with van der Waals surface area (Å²) >= 11 is 0. The molecule has 0 atom stereocenters. The van der Waals surface area contributed by atoms with Crippen molar-refractivity contribution in [3.63, 3.8) is 0 Å². The maximum Gasteiger partial charge on any atom is 0.417 e. The number of aliphatic hydroxyl groups is 1. The lowest BCUT2D eigenvalue weighted by Crippen LogP contribution is -2.41. The molecule has 2 rings (SSSR count). The summed E-state index contributed by atoms with van der Waals surface area (Å²) in [7, 11) is 2.02. The Bertz CT molecular complexity index is 612. The van der Waals surface area contributed by atoms with Crippen molar-refractivity contribution < 1.29 is 9.52 Å². The third-order valence-corrected chi connectivity index (χ3v) is 3.66. The van der Waals surface area contributed by atoms with Crippen LogP contribution in [0.25, 0.3) is 11.1 Å². The molecule has 0 aliphatic rings. The molecule has 5 heteroatoms. The molecule has 2 N–H and O–H groups in total. The predicted molar refractivity (Wildman–Crippen MR) is 74.1 cm³/mol. The summed E-state index contributed by atoms with van der Waals surface area (Å²) in [5.74, 6) is -0.430. The first-order valence-corrected chi connectivity index (χ1v) is 6.36. The van der Waals surface area contributed by atoms with E-state index in [0.29, 0.717) is 17.5 Å². The zero-order valence-electron chi connectivity index (χ0n) is 11.6. The predicted octanol–water partition coefficient (Wildman–Crippen LogP) is 1.71. The summed E-state index contributed by atoms with van der Waals surface area (Å²) < 4.78 is 5.05. The SMILES string of the molecule is CN(Cc1ccc2[nH]c(=O)oc2c1)C(C)(C)CCO. The number of aliphatic hydroxyl groups excluding tert-OH is 1. The molecule has 0 amide bonds. The molecule has 0 saturated carbocycles. The van der Waals surface area contributed by atoms with Gasteiger partial charge in [-0.15, -0.1) is 0 Å². The van der Waals surface area contributed by atoms with Crippen LogP contribution in [-0.4, -0.2) is 34.2 Å². The van der Waals surface area contributed by atoms with Crippen LogP contribution in [0.5, 0.6) is 0 Å². The highest BCUT2D eigenvalue weighted by molar-refractivity contribution is 5.72. The fourth-order valence-corrected chi connectivity index (χ4v) is 2.04. The Hall–Kier alpha value is -1.59. The summed E-state index contributed by atoms with van der Waals surface area (Å²) in [4.78, 5) is 15.9. The van der Waals surface area contributed by atoms with Gasteiger partial charge >= 0.3 is 5.76 Å². The van der Waals surface area contributed by atoms with Gasteiger partial charge in [0, 0.05) is 18.7 Å². The van der Waals surface area contributed by atoms with E-state index in [-0.39, 0.29) is 12.1 Å². The van der Waals surface area contributed by atoms with Crippen molar-refractivity contribution >= 4 is 11.1 Å². The van der Waals surface area contributed by atoms with Crippen LogP contribution in [0.2, 0.25) is 0 Å². The van der Waals surface area contributed by atoms with Gasteiger partial charge in [0.1, 0.15) is 0 Å². The lowest BCUT2D eigenvalue weighted by molar-refractivity contribution is 0.110. The minimum atomic E-state index is -0.430. The van der Waals surface area contributed by atoms with E-state index in [1.807, 2.05) is 25.2 Å². The number of H-pyrrole nitrogens is 1. The molecule has 2 aromatic rings. The van der Waals surface area contributed by atoms with Crippen LogP contribution in [-0.2, 0) is 6.54 Å². The molecule has 0 aliphatic heterocycles. The molecule has 1 aromatic carbocycles. The quantitative estimate of drug-likeness (QED) is 0.862. The van der Waals surface area contributed by atoms with E-state index in [2.05, 4.69) is 23.7 Å². The summed E-state index contributed by atoms with van der Waals surface area (Å²) in [6, 6.07) is 5.69. The van der Waals surface area contributed by atoms with Gasteiger partial charge in [0.05, 0.1) is 5.52 Å². The van der Waals surface area contributed by atoms with E-state index < -0.39 is 5.76 Å². The molecule has 0 bridgehead atoms. The fraction of sp³-hybridized carbons (Fsp3) is 0.500. The standard InChI is InChI=1S/C14H20N2O3/c1-14(2,6-7-17)16(3)9-10-4-5-11-12(8-10)19-13(18)15-11/h4-5,8,17H,6-7,9H2,1-3H3,(H,15,18). The van der Waals surface area contributed by atoms with Gasteiger partial charge in [-0.3, -0.25) is 9.88 Å². The van der Waals surface area contributed by atoms with E-state index in [4.69, 9.17) is 9.52 Å². The second kappa shape index (κ2) is 5.19. The minimum Gasteiger partial charge on any atom is -0.408 e. The minimum absolute atomic E-state index is 0.0807. The molecule has 5 nitrogen and oxygen atoms in total. The van der Waals surface area contributed by atoms with Crippen LogP contribution in [0.4, 0.5) is 0 Å². The van der Waals surface area contributed by atoms with Crippen molar-refractivity contribution in [3.8, 4) is 0 Å². The molecule has 104 valence electrons. The molecular formula is C14H20N2O3. The number of hydrogen-bond donors (Lipinski definition) is 2. The Morgan fingerprint density at radius 1 is 1.42 bits per heavy atom. The highest BCUT2D eigenvalue weighted by Crippen LogP contribution is 2.20. The summed E-state index contributed by atoms with van der Waals surface area (Å²) in [5.41, 5.74) is 2.29. The van der Waals surface area contributed by atoms with Crippen molar-refractivity contribution in [2.45, 2.75) is 32.4 Å². The van der Waals surface area contributed by atoms with Gasteiger partial charge < -0.3 is 9.52 Å². The van der Waals surface area contributed by atoms with Crippen molar-refractivity contribution in [2.75, 3.05) is 13.7 Å².